The van der Waals surface area contributed by atoms with Crippen molar-refractivity contribution < 1.29 is 4.57 Å². The average Bonchev–Trinajstić information content (AvgIpc) is 2.95. The molecule has 1 N–H and O–H groups in total. The van der Waals surface area contributed by atoms with Crippen molar-refractivity contribution in [3.63, 3.8) is 0 Å². The van der Waals surface area contributed by atoms with Gasteiger partial charge in [0.2, 0.25) is 0 Å². The van der Waals surface area contributed by atoms with Crippen molar-refractivity contribution in [3.05, 3.63) is 162 Å². The van der Waals surface area contributed by atoms with E-state index in [1.807, 2.05) is 78.9 Å². The molecule has 36 heavy (non-hydrogen) atoms. The molecule has 0 saturated carbocycles. The molecule has 0 aromatic heterocycles. The van der Waals surface area contributed by atoms with Crippen molar-refractivity contribution >= 4 is 23.4 Å². The van der Waals surface area contributed by atoms with Gasteiger partial charge in [-0.1, -0.05) is 133 Å². The zero-order valence-corrected chi connectivity index (χ0v) is 21.3. The van der Waals surface area contributed by atoms with E-state index in [4.69, 9.17) is 0 Å². The van der Waals surface area contributed by atoms with Gasteiger partial charge in [-0.2, -0.15) is 0 Å². The number of anilines is 1. The molecule has 0 bridgehead atoms. The maximum atomic E-state index is 15.5. The van der Waals surface area contributed by atoms with Crippen LogP contribution in [0.15, 0.2) is 146 Å². The minimum Gasteiger partial charge on any atom is -0.371 e. The van der Waals surface area contributed by atoms with Crippen LogP contribution in [0.1, 0.15) is 16.7 Å². The van der Waals surface area contributed by atoms with Crippen LogP contribution in [0, 0.1) is 6.92 Å². The third-order valence-corrected chi connectivity index (χ3v) is 10.1. The van der Waals surface area contributed by atoms with Gasteiger partial charge in [0.1, 0.15) is 7.14 Å². The third kappa shape index (κ3) is 4.65. The average molecular weight is 488 g/mol. The fraction of sp³-hybridized carbons (Fsp3) is 0.0909. The molecule has 0 fully saturated rings. The molecule has 1 unspecified atom stereocenters. The predicted molar refractivity (Wildman–Crippen MR) is 153 cm³/mol. The van der Waals surface area contributed by atoms with Gasteiger partial charge in [-0.3, -0.25) is 0 Å². The molecule has 0 spiro atoms. The number of rotatable bonds is 8. The summed E-state index contributed by atoms with van der Waals surface area (Å²) < 4.78 is 15.5. The Balaban J connectivity index is 1.80. The van der Waals surface area contributed by atoms with Crippen LogP contribution in [-0.4, -0.2) is 6.16 Å². The summed E-state index contributed by atoms with van der Waals surface area (Å²) in [6.07, 6.45) is 0.387. The molecule has 0 aliphatic heterocycles. The van der Waals surface area contributed by atoms with Crippen LogP contribution < -0.4 is 15.9 Å². The Morgan fingerprint density at radius 1 is 0.583 bits per heavy atom. The lowest BCUT2D eigenvalue weighted by molar-refractivity contribution is 0.571. The van der Waals surface area contributed by atoms with Crippen LogP contribution in [0.5, 0.6) is 0 Å². The molecular weight excluding hydrogens is 457 g/mol. The second-order valence-corrected chi connectivity index (χ2v) is 11.9. The van der Waals surface area contributed by atoms with E-state index in [0.29, 0.717) is 6.16 Å². The lowest BCUT2D eigenvalue weighted by Gasteiger charge is -2.40. The van der Waals surface area contributed by atoms with E-state index < -0.39 is 12.7 Å². The standard InChI is InChI=1S/C33H30NOP/c1-27-16-14-15-25-32(27)36(35,31-23-12-5-13-24-31)26-33(28-17-6-2-7-18-28,29-19-8-3-9-20-29)34-30-21-10-4-11-22-30/h2-25,34H,26H2,1H3. The van der Waals surface area contributed by atoms with Gasteiger partial charge in [0.05, 0.1) is 5.54 Å². The Labute approximate surface area is 214 Å². The molecular formula is C33H30NOP. The zero-order chi connectivity index (χ0) is 24.8. The van der Waals surface area contributed by atoms with Crippen LogP contribution in [0.25, 0.3) is 0 Å². The minimum absolute atomic E-state index is 0.387. The Kier molecular flexibility index (Phi) is 6.89. The Morgan fingerprint density at radius 2 is 1.03 bits per heavy atom. The first-order chi connectivity index (χ1) is 17.6. The van der Waals surface area contributed by atoms with E-state index in [-0.39, 0.29) is 0 Å². The first-order valence-electron chi connectivity index (χ1n) is 12.3. The van der Waals surface area contributed by atoms with Crippen molar-refractivity contribution in [2.75, 3.05) is 11.5 Å². The van der Waals surface area contributed by atoms with Gasteiger partial charge in [0.15, 0.2) is 0 Å². The van der Waals surface area contributed by atoms with E-state index in [2.05, 4.69) is 79.0 Å². The van der Waals surface area contributed by atoms with Gasteiger partial charge < -0.3 is 9.88 Å². The fourth-order valence-corrected chi connectivity index (χ4v) is 8.40. The molecule has 0 aliphatic carbocycles. The normalized spacial score (nSPS) is 13.0. The second-order valence-electron chi connectivity index (χ2n) is 9.15. The summed E-state index contributed by atoms with van der Waals surface area (Å²) in [5, 5.41) is 5.64. The molecule has 178 valence electrons. The first kappa shape index (κ1) is 23.9. The molecule has 0 saturated heterocycles. The lowest BCUT2D eigenvalue weighted by Crippen LogP contribution is -2.43. The van der Waals surface area contributed by atoms with Crippen LogP contribution in [0.4, 0.5) is 5.69 Å². The van der Waals surface area contributed by atoms with Crippen LogP contribution in [0.2, 0.25) is 0 Å². The molecule has 0 amide bonds. The molecule has 0 aliphatic rings. The van der Waals surface area contributed by atoms with Crippen LogP contribution in [0.3, 0.4) is 0 Å². The molecule has 5 aromatic carbocycles. The highest BCUT2D eigenvalue weighted by molar-refractivity contribution is 7.78. The largest absolute Gasteiger partial charge is 0.371 e. The molecule has 1 atom stereocenters. The predicted octanol–water partition coefficient (Wildman–Crippen LogP) is 7.36. The van der Waals surface area contributed by atoms with Crippen molar-refractivity contribution in [3.8, 4) is 0 Å². The summed E-state index contributed by atoms with van der Waals surface area (Å²) in [6.45, 7) is 2.06. The van der Waals surface area contributed by atoms with Crippen LogP contribution >= 0.6 is 7.14 Å². The number of hydrogen-bond acceptors (Lipinski definition) is 2. The van der Waals surface area contributed by atoms with E-state index >= 15 is 4.57 Å². The highest BCUT2D eigenvalue weighted by atomic mass is 31.2. The summed E-state index contributed by atoms with van der Waals surface area (Å²) in [7, 11) is -3.11. The molecule has 5 rings (SSSR count). The quantitative estimate of drug-likeness (QED) is 0.232. The van der Waals surface area contributed by atoms with Crippen LogP contribution in [-0.2, 0) is 10.1 Å². The molecule has 5 aromatic rings. The zero-order valence-electron chi connectivity index (χ0n) is 20.4. The van der Waals surface area contributed by atoms with E-state index in [9.17, 15) is 0 Å². The Bertz CT molecular complexity index is 1410. The third-order valence-electron chi connectivity index (χ3n) is 6.80. The monoisotopic (exact) mass is 487 g/mol. The summed E-state index contributed by atoms with van der Waals surface area (Å²) in [4.78, 5) is 0. The van der Waals surface area contributed by atoms with E-state index in [1.165, 1.54) is 0 Å². The minimum atomic E-state index is -3.11. The van der Waals surface area contributed by atoms with Crippen molar-refractivity contribution in [1.29, 1.82) is 0 Å². The summed E-state index contributed by atoms with van der Waals surface area (Å²) in [6, 6.07) is 49.1. The van der Waals surface area contributed by atoms with Gasteiger partial charge in [0, 0.05) is 22.5 Å². The SMILES string of the molecule is Cc1ccccc1P(=O)(CC(Nc1ccccc1)(c1ccccc1)c1ccccc1)c1ccccc1. The Hall–Kier alpha value is -3.87. The number of benzene rings is 5. The maximum absolute atomic E-state index is 15.5. The lowest BCUT2D eigenvalue weighted by atomic mass is 9.84. The second kappa shape index (κ2) is 10.4. The molecule has 3 heteroatoms. The maximum Gasteiger partial charge on any atom is 0.146 e. The number of aryl methyl sites for hydroxylation is 1. The number of hydrogen-bond donors (Lipinski definition) is 1. The fourth-order valence-electron chi connectivity index (χ4n) is 5.03. The summed E-state index contributed by atoms with van der Waals surface area (Å²) >= 11 is 0. The van der Waals surface area contributed by atoms with Crippen molar-refractivity contribution in [2.24, 2.45) is 0 Å². The highest BCUT2D eigenvalue weighted by Crippen LogP contribution is 2.52. The smallest absolute Gasteiger partial charge is 0.146 e. The molecule has 0 radical (unpaired) electrons. The summed E-state index contributed by atoms with van der Waals surface area (Å²) in [5.74, 6) is 0. The first-order valence-corrected chi connectivity index (χ1v) is 14.2. The topological polar surface area (TPSA) is 29.1 Å². The molecule has 2 nitrogen and oxygen atoms in total. The van der Waals surface area contributed by atoms with Gasteiger partial charge in [-0.15, -0.1) is 0 Å². The number of nitrogens with one attached hydrogen (secondary N) is 1. The van der Waals surface area contributed by atoms with Gasteiger partial charge in [0.25, 0.3) is 0 Å². The van der Waals surface area contributed by atoms with E-state index in [1.54, 1.807) is 0 Å². The van der Waals surface area contributed by atoms with E-state index in [0.717, 1.165) is 33.0 Å². The van der Waals surface area contributed by atoms with Gasteiger partial charge in [-0.25, -0.2) is 0 Å². The van der Waals surface area contributed by atoms with Crippen molar-refractivity contribution in [1.82, 2.24) is 0 Å². The van der Waals surface area contributed by atoms with Gasteiger partial charge in [-0.05, 0) is 35.7 Å². The Morgan fingerprint density at radius 3 is 1.56 bits per heavy atom. The number of para-hydroxylation sites is 1. The summed E-state index contributed by atoms with van der Waals surface area (Å²) in [5.41, 5.74) is 3.43. The van der Waals surface area contributed by atoms with Crippen molar-refractivity contribution in [2.45, 2.75) is 12.5 Å². The molecule has 0 heterocycles. The van der Waals surface area contributed by atoms with Gasteiger partial charge >= 0.3 is 0 Å². The highest BCUT2D eigenvalue weighted by Gasteiger charge is 2.43.